The molecule has 1 aromatic carbocycles. The summed E-state index contributed by atoms with van der Waals surface area (Å²) in [6.07, 6.45) is 9.61. The van der Waals surface area contributed by atoms with E-state index < -0.39 is 0 Å². The number of rotatable bonds is 5. The second-order valence-corrected chi connectivity index (χ2v) is 10.6. The SMILES string of the molecule is CC1CNCCC1NC(=O)CCC1(c2ccccc2)CC2(C)CC3CCCC321. The van der Waals surface area contributed by atoms with Crippen LogP contribution in [0.15, 0.2) is 30.3 Å². The molecular formula is C25H36N2O. The zero-order valence-electron chi connectivity index (χ0n) is 17.6. The molecule has 0 radical (unpaired) electrons. The van der Waals surface area contributed by atoms with E-state index in [1.54, 1.807) is 0 Å². The van der Waals surface area contributed by atoms with E-state index >= 15 is 0 Å². The lowest BCUT2D eigenvalue weighted by Gasteiger charge is -2.80. The van der Waals surface area contributed by atoms with Gasteiger partial charge in [-0.3, -0.25) is 4.79 Å². The monoisotopic (exact) mass is 380 g/mol. The molecular weight excluding hydrogens is 344 g/mol. The predicted molar refractivity (Wildman–Crippen MR) is 113 cm³/mol. The van der Waals surface area contributed by atoms with E-state index in [0.29, 0.717) is 29.2 Å². The van der Waals surface area contributed by atoms with E-state index in [1.807, 2.05) is 0 Å². The first-order valence-electron chi connectivity index (χ1n) is 11.6. The molecule has 1 heterocycles. The van der Waals surface area contributed by atoms with Crippen LogP contribution < -0.4 is 10.6 Å². The fourth-order valence-corrected chi connectivity index (χ4v) is 8.31. The van der Waals surface area contributed by atoms with Gasteiger partial charge < -0.3 is 10.6 Å². The number of carbonyl (C=O) groups excluding carboxylic acids is 1. The van der Waals surface area contributed by atoms with Crippen LogP contribution in [0.3, 0.4) is 0 Å². The van der Waals surface area contributed by atoms with Crippen LogP contribution in [0.5, 0.6) is 0 Å². The fraction of sp³-hybridized carbons (Fsp3) is 0.720. The summed E-state index contributed by atoms with van der Waals surface area (Å²) in [5, 5.41) is 6.80. The molecule has 0 bridgehead atoms. The van der Waals surface area contributed by atoms with Crippen LogP contribution in [0, 0.1) is 22.7 Å². The van der Waals surface area contributed by atoms with E-state index in [-0.39, 0.29) is 11.3 Å². The number of benzene rings is 1. The first kappa shape index (κ1) is 18.7. The van der Waals surface area contributed by atoms with Crippen molar-refractivity contribution in [3.8, 4) is 0 Å². The van der Waals surface area contributed by atoms with Crippen molar-refractivity contribution < 1.29 is 4.79 Å². The van der Waals surface area contributed by atoms with Crippen molar-refractivity contribution in [1.29, 1.82) is 0 Å². The van der Waals surface area contributed by atoms with E-state index in [0.717, 1.165) is 31.8 Å². The summed E-state index contributed by atoms with van der Waals surface area (Å²) in [5.41, 5.74) is 2.70. The van der Waals surface area contributed by atoms with E-state index in [1.165, 1.54) is 37.7 Å². The molecule has 3 saturated carbocycles. The van der Waals surface area contributed by atoms with Gasteiger partial charge in [0.15, 0.2) is 0 Å². The molecule has 1 spiro atoms. The molecule has 6 atom stereocenters. The molecule has 1 amide bonds. The summed E-state index contributed by atoms with van der Waals surface area (Å²) in [7, 11) is 0. The first-order chi connectivity index (χ1) is 13.5. The van der Waals surface area contributed by atoms with Crippen molar-refractivity contribution >= 4 is 5.91 Å². The van der Waals surface area contributed by atoms with Gasteiger partial charge in [-0.2, -0.15) is 0 Å². The maximum Gasteiger partial charge on any atom is 0.220 e. The Hall–Kier alpha value is -1.35. The van der Waals surface area contributed by atoms with Gasteiger partial charge in [-0.1, -0.05) is 50.6 Å². The fourth-order valence-electron chi connectivity index (χ4n) is 8.31. The third kappa shape index (κ3) is 2.41. The maximum absolute atomic E-state index is 12.9. The number of nitrogens with one attached hydrogen (secondary N) is 2. The van der Waals surface area contributed by atoms with Gasteiger partial charge in [0.2, 0.25) is 5.91 Å². The summed E-state index contributed by atoms with van der Waals surface area (Å²) < 4.78 is 0. The Kier molecular flexibility index (Phi) is 4.39. The van der Waals surface area contributed by atoms with Gasteiger partial charge in [-0.05, 0) is 79.8 Å². The van der Waals surface area contributed by atoms with Gasteiger partial charge >= 0.3 is 0 Å². The van der Waals surface area contributed by atoms with Crippen LogP contribution in [-0.4, -0.2) is 25.0 Å². The van der Waals surface area contributed by atoms with Gasteiger partial charge in [0.25, 0.3) is 0 Å². The lowest BCUT2D eigenvalue weighted by Crippen LogP contribution is -2.75. The number of hydrogen-bond donors (Lipinski definition) is 2. The lowest BCUT2D eigenvalue weighted by atomic mass is 9.24. The van der Waals surface area contributed by atoms with E-state index in [2.05, 4.69) is 54.8 Å². The average Bonchev–Trinajstić information content (AvgIpc) is 3.11. The first-order valence-corrected chi connectivity index (χ1v) is 11.6. The summed E-state index contributed by atoms with van der Waals surface area (Å²) >= 11 is 0. The van der Waals surface area contributed by atoms with Gasteiger partial charge in [0, 0.05) is 17.9 Å². The Bertz CT molecular complexity index is 748. The highest BCUT2D eigenvalue weighted by atomic mass is 16.1. The van der Waals surface area contributed by atoms with Crippen molar-refractivity contribution in [3.05, 3.63) is 35.9 Å². The molecule has 1 aliphatic heterocycles. The van der Waals surface area contributed by atoms with Gasteiger partial charge in [-0.15, -0.1) is 0 Å². The lowest BCUT2D eigenvalue weighted by molar-refractivity contribution is -0.276. The largest absolute Gasteiger partial charge is 0.353 e. The van der Waals surface area contributed by atoms with Crippen molar-refractivity contribution in [2.75, 3.05) is 13.1 Å². The average molecular weight is 381 g/mol. The van der Waals surface area contributed by atoms with Crippen molar-refractivity contribution in [1.82, 2.24) is 10.6 Å². The minimum Gasteiger partial charge on any atom is -0.353 e. The Morgan fingerprint density at radius 3 is 2.79 bits per heavy atom. The van der Waals surface area contributed by atoms with Crippen LogP contribution in [-0.2, 0) is 10.2 Å². The predicted octanol–water partition coefficient (Wildman–Crippen LogP) is 4.42. The molecule has 0 aromatic heterocycles. The normalized spacial score (nSPS) is 44.0. The van der Waals surface area contributed by atoms with Crippen molar-refractivity contribution in [3.63, 3.8) is 0 Å². The Morgan fingerprint density at radius 2 is 2.07 bits per heavy atom. The quantitative estimate of drug-likeness (QED) is 0.794. The summed E-state index contributed by atoms with van der Waals surface area (Å²) in [4.78, 5) is 12.9. The summed E-state index contributed by atoms with van der Waals surface area (Å²) in [6.45, 7) is 6.82. The van der Waals surface area contributed by atoms with Crippen LogP contribution in [0.2, 0.25) is 0 Å². The number of piperidine rings is 1. The summed E-state index contributed by atoms with van der Waals surface area (Å²) in [5.74, 6) is 1.68. The second-order valence-electron chi connectivity index (χ2n) is 10.6. The molecule has 4 aliphatic rings. The minimum atomic E-state index is 0.222. The number of amides is 1. The molecule has 5 rings (SSSR count). The molecule has 4 fully saturated rings. The van der Waals surface area contributed by atoms with Crippen LogP contribution in [0.4, 0.5) is 0 Å². The molecule has 152 valence electrons. The van der Waals surface area contributed by atoms with E-state index in [9.17, 15) is 4.79 Å². The zero-order chi connectivity index (χ0) is 19.4. The Balaban J connectivity index is 1.35. The molecule has 2 N–H and O–H groups in total. The Labute approximate surface area is 170 Å². The topological polar surface area (TPSA) is 41.1 Å². The van der Waals surface area contributed by atoms with Crippen LogP contribution in [0.1, 0.15) is 70.8 Å². The molecule has 6 unspecified atom stereocenters. The van der Waals surface area contributed by atoms with Gasteiger partial charge in [0.05, 0.1) is 0 Å². The van der Waals surface area contributed by atoms with Crippen LogP contribution >= 0.6 is 0 Å². The summed E-state index contributed by atoms with van der Waals surface area (Å²) in [6, 6.07) is 11.6. The third-order valence-electron chi connectivity index (χ3n) is 9.38. The standard InChI is InChI=1S/C25H36N2O/c1-18-16-26-14-11-21(18)27-22(28)10-13-24(19-7-4-3-5-8-19)17-23(2)15-20-9-6-12-25(20,23)24/h3-5,7-8,18,20-21,26H,6,9-17H2,1-2H3,(H,27,28). The Morgan fingerprint density at radius 1 is 1.25 bits per heavy atom. The molecule has 3 aliphatic carbocycles. The third-order valence-corrected chi connectivity index (χ3v) is 9.38. The highest BCUT2D eigenvalue weighted by Gasteiger charge is 2.80. The second kappa shape index (κ2) is 6.58. The number of hydrogen-bond acceptors (Lipinski definition) is 2. The minimum absolute atomic E-state index is 0.222. The van der Waals surface area contributed by atoms with Gasteiger partial charge in [0.1, 0.15) is 0 Å². The van der Waals surface area contributed by atoms with Gasteiger partial charge in [-0.25, -0.2) is 0 Å². The molecule has 1 aromatic rings. The van der Waals surface area contributed by atoms with Crippen molar-refractivity contribution in [2.24, 2.45) is 22.7 Å². The molecule has 28 heavy (non-hydrogen) atoms. The highest BCUT2D eigenvalue weighted by Crippen LogP contribution is 2.86. The smallest absolute Gasteiger partial charge is 0.220 e. The van der Waals surface area contributed by atoms with E-state index in [4.69, 9.17) is 0 Å². The zero-order valence-corrected chi connectivity index (χ0v) is 17.6. The maximum atomic E-state index is 12.9. The van der Waals surface area contributed by atoms with Crippen LogP contribution in [0.25, 0.3) is 0 Å². The molecule has 3 nitrogen and oxygen atoms in total. The highest BCUT2D eigenvalue weighted by molar-refractivity contribution is 5.76. The molecule has 3 heteroatoms. The molecule has 1 saturated heterocycles. The number of carbonyl (C=O) groups is 1. The van der Waals surface area contributed by atoms with Crippen molar-refractivity contribution in [2.45, 2.75) is 76.7 Å².